The highest BCUT2D eigenvalue weighted by Crippen LogP contribution is 2.20. The van der Waals surface area contributed by atoms with Crippen molar-refractivity contribution >= 4 is 33.6 Å². The normalized spacial score (nSPS) is 13.1. The summed E-state index contributed by atoms with van der Waals surface area (Å²) in [6.45, 7) is 10.6. The van der Waals surface area contributed by atoms with Gasteiger partial charge in [0.1, 0.15) is 5.82 Å². The summed E-state index contributed by atoms with van der Waals surface area (Å²) in [6.07, 6.45) is -2.00. The number of carbonyl (C=O) groups is 2. The van der Waals surface area contributed by atoms with Crippen molar-refractivity contribution in [1.29, 1.82) is 0 Å². The van der Waals surface area contributed by atoms with Gasteiger partial charge in [0.05, 0.1) is 17.9 Å². The number of hydrogen-bond donors (Lipinski definition) is 2. The van der Waals surface area contributed by atoms with Crippen LogP contribution in [0.5, 0.6) is 0 Å². The number of anilines is 1. The summed E-state index contributed by atoms with van der Waals surface area (Å²) in [5.74, 6) is -1.29. The Morgan fingerprint density at radius 3 is 2.35 bits per heavy atom. The van der Waals surface area contributed by atoms with Gasteiger partial charge < -0.3 is 20.1 Å². The lowest BCUT2D eigenvalue weighted by Gasteiger charge is -2.26. The van der Waals surface area contributed by atoms with Crippen molar-refractivity contribution in [2.24, 2.45) is 0 Å². The van der Waals surface area contributed by atoms with E-state index in [1.165, 1.54) is 18.2 Å². The molecule has 0 bridgehead atoms. The smallest absolute Gasteiger partial charge is 0.408 e. The second-order valence-corrected chi connectivity index (χ2v) is 8.72. The quantitative estimate of drug-likeness (QED) is 0.729. The number of amides is 2. The van der Waals surface area contributed by atoms with E-state index in [4.69, 9.17) is 9.47 Å². The summed E-state index contributed by atoms with van der Waals surface area (Å²) >= 11 is 3.22. The van der Waals surface area contributed by atoms with E-state index in [9.17, 15) is 14.0 Å². The average Bonchev–Trinajstić information content (AvgIpc) is 2.44. The zero-order valence-electron chi connectivity index (χ0n) is 15.9. The Morgan fingerprint density at radius 1 is 1.19 bits per heavy atom. The molecule has 0 fully saturated rings. The monoisotopic (exact) mass is 432 g/mol. The van der Waals surface area contributed by atoms with Gasteiger partial charge in [-0.15, -0.1) is 0 Å². The van der Waals surface area contributed by atoms with Gasteiger partial charge in [0.25, 0.3) is 5.91 Å². The maximum absolute atomic E-state index is 13.9. The van der Waals surface area contributed by atoms with Crippen molar-refractivity contribution in [1.82, 2.24) is 5.32 Å². The second-order valence-electron chi connectivity index (χ2n) is 7.81. The molecule has 2 amide bonds. The average molecular weight is 433 g/mol. The summed E-state index contributed by atoms with van der Waals surface area (Å²) in [5, 5.41) is 5.03. The molecule has 0 radical (unpaired) electrons. The molecule has 0 unspecified atom stereocenters. The minimum Gasteiger partial charge on any atom is -0.434 e. The third-order valence-corrected chi connectivity index (χ3v) is 3.37. The van der Waals surface area contributed by atoms with E-state index >= 15 is 0 Å². The maximum Gasteiger partial charge on any atom is 0.408 e. The lowest BCUT2D eigenvalue weighted by Crippen LogP contribution is -2.46. The Bertz CT molecular complexity index is 654. The number of halogens is 2. The summed E-state index contributed by atoms with van der Waals surface area (Å²) in [6, 6.07) is 4.15. The molecule has 0 aliphatic carbocycles. The largest absolute Gasteiger partial charge is 0.434 e. The molecule has 8 heteroatoms. The molecule has 26 heavy (non-hydrogen) atoms. The molecule has 0 spiro atoms. The van der Waals surface area contributed by atoms with Gasteiger partial charge in [-0.05, 0) is 59.7 Å². The fraction of sp³-hybridized carbons (Fsp3) is 0.556. The van der Waals surface area contributed by atoms with Gasteiger partial charge in [-0.25, -0.2) is 9.18 Å². The molecule has 0 saturated carbocycles. The molecule has 1 atom stereocenters. The molecule has 1 aromatic rings. The van der Waals surface area contributed by atoms with E-state index in [2.05, 4.69) is 26.6 Å². The molecule has 146 valence electrons. The van der Waals surface area contributed by atoms with Gasteiger partial charge in [-0.3, -0.25) is 4.79 Å². The van der Waals surface area contributed by atoms with Crippen molar-refractivity contribution in [3.8, 4) is 0 Å². The first-order valence-corrected chi connectivity index (χ1v) is 8.95. The van der Waals surface area contributed by atoms with Crippen LogP contribution in [0.4, 0.5) is 14.9 Å². The first-order valence-electron chi connectivity index (χ1n) is 8.15. The van der Waals surface area contributed by atoms with Crippen LogP contribution in [0.25, 0.3) is 0 Å². The van der Waals surface area contributed by atoms with Crippen molar-refractivity contribution in [3.63, 3.8) is 0 Å². The first-order chi connectivity index (χ1) is 11.8. The molecule has 0 heterocycles. The number of benzene rings is 1. The fourth-order valence-corrected chi connectivity index (χ4v) is 2.12. The van der Waals surface area contributed by atoms with Gasteiger partial charge >= 0.3 is 6.09 Å². The highest BCUT2D eigenvalue weighted by Gasteiger charge is 2.28. The van der Waals surface area contributed by atoms with Gasteiger partial charge in [0.15, 0.2) is 0 Å². The predicted molar refractivity (Wildman–Crippen MR) is 102 cm³/mol. The van der Waals surface area contributed by atoms with E-state index < -0.39 is 35.1 Å². The van der Waals surface area contributed by atoms with Crippen molar-refractivity contribution < 1.29 is 23.5 Å². The van der Waals surface area contributed by atoms with Gasteiger partial charge in [0, 0.05) is 10.0 Å². The zero-order chi connectivity index (χ0) is 20.1. The lowest BCUT2D eigenvalue weighted by atomic mass is 10.1. The van der Waals surface area contributed by atoms with Gasteiger partial charge in [-0.1, -0.05) is 15.9 Å². The highest BCUT2D eigenvalue weighted by atomic mass is 79.9. The molecule has 0 aliphatic rings. The number of alkyl carbamates (subject to hydrolysis) is 1. The Labute approximate surface area is 161 Å². The fourth-order valence-electron chi connectivity index (χ4n) is 1.76. The molecular weight excluding hydrogens is 407 g/mol. The molecule has 0 aromatic heterocycles. The number of hydrogen-bond acceptors (Lipinski definition) is 4. The zero-order valence-corrected chi connectivity index (χ0v) is 17.5. The Hall–Kier alpha value is -1.67. The van der Waals surface area contributed by atoms with E-state index in [0.717, 1.165) is 0 Å². The summed E-state index contributed by atoms with van der Waals surface area (Å²) in [7, 11) is 0. The highest BCUT2D eigenvalue weighted by molar-refractivity contribution is 9.10. The van der Waals surface area contributed by atoms with Crippen LogP contribution in [0.1, 0.15) is 41.5 Å². The predicted octanol–water partition coefficient (Wildman–Crippen LogP) is 4.24. The van der Waals surface area contributed by atoms with Gasteiger partial charge in [0.2, 0.25) is 6.10 Å². The van der Waals surface area contributed by atoms with E-state index in [0.29, 0.717) is 4.47 Å². The van der Waals surface area contributed by atoms with Crippen molar-refractivity contribution in [3.05, 3.63) is 28.5 Å². The number of nitrogens with one attached hydrogen (secondary N) is 2. The topological polar surface area (TPSA) is 76.7 Å². The number of carbonyl (C=O) groups excluding carboxylic acids is 2. The van der Waals surface area contributed by atoms with Crippen molar-refractivity contribution in [2.45, 2.75) is 58.8 Å². The standard InChI is InChI=1S/C18H26BrFN2O4/c1-17(2,3)22-16(24)26-14(10-25-18(4,5)6)15(23)21-13-9-11(19)7-8-12(13)20/h7-9,14H,10H2,1-6H3,(H,21,23)(H,22,24)/t14-/m0/s1. The van der Waals surface area contributed by atoms with Crippen LogP contribution in [0.15, 0.2) is 22.7 Å². The summed E-state index contributed by atoms with van der Waals surface area (Å²) in [4.78, 5) is 24.5. The molecule has 6 nitrogen and oxygen atoms in total. The summed E-state index contributed by atoms with van der Waals surface area (Å²) < 4.78 is 25.2. The number of rotatable bonds is 5. The van der Waals surface area contributed by atoms with E-state index in [1.54, 1.807) is 20.8 Å². The van der Waals surface area contributed by atoms with Crippen LogP contribution in [-0.4, -0.2) is 35.9 Å². The van der Waals surface area contributed by atoms with E-state index in [-0.39, 0.29) is 12.3 Å². The molecule has 2 N–H and O–H groups in total. The second kappa shape index (κ2) is 8.81. The first kappa shape index (κ1) is 22.4. The third kappa shape index (κ3) is 8.62. The third-order valence-electron chi connectivity index (χ3n) is 2.87. The van der Waals surface area contributed by atoms with Crippen LogP contribution in [-0.2, 0) is 14.3 Å². The van der Waals surface area contributed by atoms with Crippen LogP contribution in [0.2, 0.25) is 0 Å². The Balaban J connectivity index is 2.89. The minimum atomic E-state index is -1.24. The van der Waals surface area contributed by atoms with Crippen LogP contribution in [0, 0.1) is 5.82 Å². The van der Waals surface area contributed by atoms with Gasteiger partial charge in [-0.2, -0.15) is 0 Å². The van der Waals surface area contributed by atoms with E-state index in [1.807, 2.05) is 20.8 Å². The van der Waals surface area contributed by atoms with Crippen LogP contribution >= 0.6 is 15.9 Å². The molecule has 0 aliphatic heterocycles. The lowest BCUT2D eigenvalue weighted by molar-refractivity contribution is -0.131. The molecular formula is C18H26BrFN2O4. The SMILES string of the molecule is CC(C)(C)NC(=O)O[C@@H](COC(C)(C)C)C(=O)Nc1cc(Br)ccc1F. The molecule has 1 aromatic carbocycles. The van der Waals surface area contributed by atoms with Crippen molar-refractivity contribution in [2.75, 3.05) is 11.9 Å². The summed E-state index contributed by atoms with van der Waals surface area (Å²) in [5.41, 5.74) is -1.09. The molecule has 1 rings (SSSR count). The maximum atomic E-state index is 13.9. The Morgan fingerprint density at radius 2 is 1.81 bits per heavy atom. The Kier molecular flexibility index (Phi) is 7.58. The van der Waals surface area contributed by atoms with Crippen LogP contribution in [0.3, 0.4) is 0 Å². The number of ether oxygens (including phenoxy) is 2. The molecule has 0 saturated heterocycles. The minimum absolute atomic E-state index is 0.0232. The van der Waals surface area contributed by atoms with Crippen LogP contribution < -0.4 is 10.6 Å².